The van der Waals surface area contributed by atoms with Crippen molar-refractivity contribution >= 4 is 11.9 Å². The zero-order valence-electron chi connectivity index (χ0n) is 13.1. The van der Waals surface area contributed by atoms with Gasteiger partial charge in [-0.2, -0.15) is 0 Å². The molecule has 1 aromatic rings. The highest BCUT2D eigenvalue weighted by molar-refractivity contribution is 5.75. The van der Waals surface area contributed by atoms with Gasteiger partial charge in [0, 0.05) is 6.04 Å². The molecular weight excluding hydrogens is 322 g/mol. The highest BCUT2D eigenvalue weighted by Gasteiger charge is 2.37. The number of carboxylic acid groups (broad SMARTS) is 2. The Kier molecular flexibility index (Phi) is 9.77. The molecule has 0 saturated carbocycles. The van der Waals surface area contributed by atoms with Crippen LogP contribution in [0.1, 0.15) is 12.5 Å². The molecular formula is C15H23NO8. The standard InChI is InChI=1S/C9H13N.C6H10O8/c1-8(10)7-9-5-3-2-4-6-9;7-1(3(9)5(11)12)2(8)4(10)6(13)14/h2-6,8H,7,10H2,1H3;1-4,7-10H,(H,11,12)(H,13,14). The Balaban J connectivity index is 0.000000463. The van der Waals surface area contributed by atoms with Crippen molar-refractivity contribution in [1.82, 2.24) is 0 Å². The molecule has 8 N–H and O–H groups in total. The second-order valence-electron chi connectivity index (χ2n) is 5.21. The molecule has 0 heterocycles. The first-order valence-corrected chi connectivity index (χ1v) is 7.05. The number of hydrogen-bond donors (Lipinski definition) is 7. The van der Waals surface area contributed by atoms with Crippen LogP contribution in [0.3, 0.4) is 0 Å². The number of carboxylic acids is 2. The lowest BCUT2D eigenvalue weighted by Gasteiger charge is -2.21. The summed E-state index contributed by atoms with van der Waals surface area (Å²) < 4.78 is 0. The largest absolute Gasteiger partial charge is 0.479 e. The van der Waals surface area contributed by atoms with Gasteiger partial charge in [-0.25, -0.2) is 9.59 Å². The summed E-state index contributed by atoms with van der Waals surface area (Å²) in [5.41, 5.74) is 6.94. The number of benzene rings is 1. The van der Waals surface area contributed by atoms with Crippen LogP contribution in [-0.2, 0) is 16.0 Å². The molecule has 24 heavy (non-hydrogen) atoms. The summed E-state index contributed by atoms with van der Waals surface area (Å²) in [4.78, 5) is 20.2. The van der Waals surface area contributed by atoms with Gasteiger partial charge in [-0.1, -0.05) is 30.3 Å². The van der Waals surface area contributed by atoms with Crippen molar-refractivity contribution < 1.29 is 40.2 Å². The van der Waals surface area contributed by atoms with E-state index in [0.29, 0.717) is 0 Å². The van der Waals surface area contributed by atoms with Gasteiger partial charge >= 0.3 is 11.9 Å². The van der Waals surface area contributed by atoms with Crippen molar-refractivity contribution in [1.29, 1.82) is 0 Å². The summed E-state index contributed by atoms with van der Waals surface area (Å²) >= 11 is 0. The number of hydrogen-bond acceptors (Lipinski definition) is 7. The minimum absolute atomic E-state index is 0.266. The van der Waals surface area contributed by atoms with Gasteiger partial charge in [0.05, 0.1) is 0 Å². The third-order valence-corrected chi connectivity index (χ3v) is 2.90. The summed E-state index contributed by atoms with van der Waals surface area (Å²) in [7, 11) is 0. The lowest BCUT2D eigenvalue weighted by atomic mass is 10.0. The fourth-order valence-electron chi connectivity index (χ4n) is 1.65. The Morgan fingerprint density at radius 1 is 0.917 bits per heavy atom. The molecule has 9 nitrogen and oxygen atoms in total. The first-order chi connectivity index (χ1) is 11.1. The molecule has 5 unspecified atom stereocenters. The molecule has 5 atom stereocenters. The van der Waals surface area contributed by atoms with Crippen molar-refractivity contribution in [2.45, 2.75) is 43.8 Å². The van der Waals surface area contributed by atoms with Crippen LogP contribution < -0.4 is 5.73 Å². The van der Waals surface area contributed by atoms with Crippen LogP contribution in [0.4, 0.5) is 0 Å². The van der Waals surface area contributed by atoms with Gasteiger partial charge in [0.15, 0.2) is 12.2 Å². The highest BCUT2D eigenvalue weighted by atomic mass is 16.4. The predicted molar refractivity (Wildman–Crippen MR) is 83.1 cm³/mol. The molecule has 0 fully saturated rings. The molecule has 0 aromatic heterocycles. The van der Waals surface area contributed by atoms with Gasteiger partial charge in [-0.15, -0.1) is 0 Å². The van der Waals surface area contributed by atoms with E-state index in [-0.39, 0.29) is 6.04 Å². The van der Waals surface area contributed by atoms with Crippen LogP contribution in [-0.4, -0.2) is 73.0 Å². The van der Waals surface area contributed by atoms with Crippen molar-refractivity contribution in [3.05, 3.63) is 35.9 Å². The minimum atomic E-state index is -2.36. The lowest BCUT2D eigenvalue weighted by molar-refractivity contribution is -0.172. The zero-order chi connectivity index (χ0) is 18.9. The maximum Gasteiger partial charge on any atom is 0.335 e. The average Bonchev–Trinajstić information content (AvgIpc) is 2.52. The summed E-state index contributed by atoms with van der Waals surface area (Å²) in [6.45, 7) is 2.02. The molecule has 0 spiro atoms. The van der Waals surface area contributed by atoms with Gasteiger partial charge in [0.1, 0.15) is 12.2 Å². The first-order valence-electron chi connectivity index (χ1n) is 7.05. The van der Waals surface area contributed by atoms with Crippen LogP contribution in [0, 0.1) is 0 Å². The fraction of sp³-hybridized carbons (Fsp3) is 0.467. The zero-order valence-corrected chi connectivity index (χ0v) is 13.1. The van der Waals surface area contributed by atoms with E-state index in [0.717, 1.165) is 6.42 Å². The monoisotopic (exact) mass is 345 g/mol. The van der Waals surface area contributed by atoms with E-state index in [2.05, 4.69) is 12.1 Å². The SMILES string of the molecule is CC(N)Cc1ccccc1.O=C(O)C(O)C(O)C(O)C(O)C(=O)O. The van der Waals surface area contributed by atoms with Gasteiger partial charge in [-0.05, 0) is 18.9 Å². The molecule has 0 aliphatic rings. The number of nitrogens with two attached hydrogens (primary N) is 1. The Morgan fingerprint density at radius 3 is 1.58 bits per heavy atom. The number of aliphatic hydroxyl groups is 4. The van der Waals surface area contributed by atoms with Crippen LogP contribution in [0.5, 0.6) is 0 Å². The van der Waals surface area contributed by atoms with Crippen LogP contribution in [0.2, 0.25) is 0 Å². The maximum atomic E-state index is 10.1. The molecule has 0 aliphatic carbocycles. The Labute approximate surface area is 138 Å². The summed E-state index contributed by atoms with van der Waals surface area (Å²) in [6.07, 6.45) is -8.31. The third kappa shape index (κ3) is 7.99. The van der Waals surface area contributed by atoms with E-state index in [4.69, 9.17) is 36.4 Å². The van der Waals surface area contributed by atoms with E-state index in [1.807, 2.05) is 25.1 Å². The molecule has 0 bridgehead atoms. The molecule has 0 aliphatic heterocycles. The van der Waals surface area contributed by atoms with Crippen molar-refractivity contribution in [2.75, 3.05) is 0 Å². The van der Waals surface area contributed by atoms with Gasteiger partial charge in [0.2, 0.25) is 0 Å². The van der Waals surface area contributed by atoms with Crippen molar-refractivity contribution in [3.8, 4) is 0 Å². The van der Waals surface area contributed by atoms with E-state index in [1.165, 1.54) is 5.56 Å². The molecule has 1 rings (SSSR count). The van der Waals surface area contributed by atoms with Gasteiger partial charge < -0.3 is 36.4 Å². The fourth-order valence-corrected chi connectivity index (χ4v) is 1.65. The quantitative estimate of drug-likeness (QED) is 0.299. The molecule has 136 valence electrons. The molecule has 0 saturated heterocycles. The van der Waals surface area contributed by atoms with Crippen molar-refractivity contribution in [3.63, 3.8) is 0 Å². The van der Waals surface area contributed by atoms with Gasteiger partial charge in [-0.3, -0.25) is 0 Å². The Hall–Kier alpha value is -2.04. The number of carbonyl (C=O) groups is 2. The molecule has 0 radical (unpaired) electrons. The molecule has 9 heteroatoms. The summed E-state index contributed by atoms with van der Waals surface area (Å²) in [6, 6.07) is 10.6. The van der Waals surface area contributed by atoms with E-state index in [9.17, 15) is 9.59 Å². The minimum Gasteiger partial charge on any atom is -0.479 e. The highest BCUT2D eigenvalue weighted by Crippen LogP contribution is 2.05. The Morgan fingerprint density at radius 2 is 1.29 bits per heavy atom. The van der Waals surface area contributed by atoms with E-state index in [1.54, 1.807) is 0 Å². The van der Waals surface area contributed by atoms with Crippen LogP contribution >= 0.6 is 0 Å². The summed E-state index contributed by atoms with van der Waals surface area (Å²) in [5, 5.41) is 51.5. The maximum absolute atomic E-state index is 10.1. The number of aliphatic hydroxyl groups excluding tert-OH is 4. The third-order valence-electron chi connectivity index (χ3n) is 2.90. The number of rotatable bonds is 7. The van der Waals surface area contributed by atoms with E-state index >= 15 is 0 Å². The second-order valence-corrected chi connectivity index (χ2v) is 5.21. The smallest absolute Gasteiger partial charge is 0.335 e. The number of aliphatic carboxylic acids is 2. The lowest BCUT2D eigenvalue weighted by Crippen LogP contribution is -2.49. The van der Waals surface area contributed by atoms with E-state index < -0.39 is 36.4 Å². The van der Waals surface area contributed by atoms with Crippen molar-refractivity contribution in [2.24, 2.45) is 5.73 Å². The molecule has 0 amide bonds. The van der Waals surface area contributed by atoms with Crippen LogP contribution in [0.25, 0.3) is 0 Å². The second kappa shape index (κ2) is 10.7. The predicted octanol–water partition coefficient (Wildman–Crippen LogP) is -1.82. The average molecular weight is 345 g/mol. The summed E-state index contributed by atoms with van der Waals surface area (Å²) in [5.74, 6) is -3.68. The van der Waals surface area contributed by atoms with Gasteiger partial charge in [0.25, 0.3) is 0 Å². The first kappa shape index (κ1) is 22.0. The molecule has 1 aromatic carbocycles. The normalized spacial score (nSPS) is 16.8. The topological polar surface area (TPSA) is 182 Å². The van der Waals surface area contributed by atoms with Crippen LogP contribution in [0.15, 0.2) is 30.3 Å². The Bertz CT molecular complexity index is 483.